The van der Waals surface area contributed by atoms with Gasteiger partial charge in [-0.15, -0.1) is 0 Å². The largest absolute Gasteiger partial charge is 0.460 e. The third kappa shape index (κ3) is 3.54. The molecule has 25 heavy (non-hydrogen) atoms. The second-order valence-corrected chi connectivity index (χ2v) is 4.17. The van der Waals surface area contributed by atoms with Crippen LogP contribution in [0.4, 0.5) is 74.6 Å². The van der Waals surface area contributed by atoms with Gasteiger partial charge in [0.25, 0.3) is 5.92 Å². The van der Waals surface area contributed by atoms with Gasteiger partial charge >= 0.3 is 42.2 Å². The van der Waals surface area contributed by atoms with Crippen LogP contribution in [0.15, 0.2) is 0 Å². The minimum absolute atomic E-state index is 5.59. The lowest BCUT2D eigenvalue weighted by Crippen LogP contribution is -2.69. The summed E-state index contributed by atoms with van der Waals surface area (Å²) in [6, 6.07) is 0. The summed E-state index contributed by atoms with van der Waals surface area (Å²) in [7, 11) is 0. The molecule has 0 bridgehead atoms. The monoisotopic (exact) mass is 419 g/mol. The van der Waals surface area contributed by atoms with Crippen molar-refractivity contribution in [2.45, 2.75) is 42.2 Å². The average molecular weight is 419 g/mol. The van der Waals surface area contributed by atoms with Crippen molar-refractivity contribution in [1.29, 1.82) is 0 Å². The Morgan fingerprint density at radius 1 is 0.360 bits per heavy atom. The van der Waals surface area contributed by atoms with E-state index in [9.17, 15) is 74.6 Å². The first-order valence-electron chi connectivity index (χ1n) is 4.96. The predicted octanol–water partition coefficient (Wildman–Crippen LogP) is 5.79. The molecule has 0 aromatic carbocycles. The van der Waals surface area contributed by atoms with E-state index < -0.39 is 48.1 Å². The van der Waals surface area contributed by atoms with E-state index in [0.717, 1.165) is 0 Å². The van der Waals surface area contributed by atoms with Crippen LogP contribution in [0.2, 0.25) is 0 Å². The molecule has 0 rings (SSSR count). The average Bonchev–Trinajstić information content (AvgIpc) is 2.21. The third-order valence-corrected chi connectivity index (χ3v) is 2.42. The van der Waals surface area contributed by atoms with Crippen LogP contribution in [0, 0.1) is 5.92 Å². The number of hydrogen-bond donors (Lipinski definition) is 0. The van der Waals surface area contributed by atoms with E-state index in [1.165, 1.54) is 0 Å². The van der Waals surface area contributed by atoms with Gasteiger partial charge in [-0.3, -0.25) is 0 Å². The van der Waals surface area contributed by atoms with Crippen LogP contribution in [-0.2, 0) is 0 Å². The second kappa shape index (κ2) is 5.65. The Bertz CT molecular complexity index is 458. The molecule has 0 nitrogen and oxygen atoms in total. The summed E-state index contributed by atoms with van der Waals surface area (Å²) in [6.07, 6.45) is -22.8. The maximum atomic E-state index is 12.9. The van der Waals surface area contributed by atoms with Crippen LogP contribution in [0.25, 0.3) is 0 Å². The molecule has 1 radical (unpaired) electrons. The van der Waals surface area contributed by atoms with Crippen LogP contribution in [0.5, 0.6) is 0 Å². The Hall–Kier alpha value is -1.19. The standard InChI is InChI=1S/C8F17/c9-2(10,1(3(11,12)13)4(14,15)16)5(17,18)6(19,20)7(21,22)8(23,24)25. The zero-order valence-electron chi connectivity index (χ0n) is 10.4. The van der Waals surface area contributed by atoms with Gasteiger partial charge in [0.2, 0.25) is 0 Å². The van der Waals surface area contributed by atoms with Gasteiger partial charge in [0.15, 0.2) is 0 Å². The van der Waals surface area contributed by atoms with Gasteiger partial charge in [0.05, 0.1) is 0 Å². The fourth-order valence-corrected chi connectivity index (χ4v) is 1.25. The molecule has 0 spiro atoms. The molecule has 0 N–H and O–H groups in total. The van der Waals surface area contributed by atoms with E-state index in [1.807, 2.05) is 0 Å². The molecule has 17 heteroatoms. The highest BCUT2D eigenvalue weighted by Gasteiger charge is 2.91. The molecule has 0 amide bonds. The second-order valence-electron chi connectivity index (χ2n) is 4.17. The lowest BCUT2D eigenvalue weighted by molar-refractivity contribution is -0.427. The number of rotatable bonds is 4. The highest BCUT2D eigenvalue weighted by molar-refractivity contribution is 5.23. The first-order valence-corrected chi connectivity index (χ1v) is 4.96. The molecular weight excluding hydrogens is 419 g/mol. The van der Waals surface area contributed by atoms with Gasteiger partial charge in [-0.25, -0.2) is 0 Å². The maximum Gasteiger partial charge on any atom is 0.460 e. The Balaban J connectivity index is 6.56. The first-order chi connectivity index (χ1) is 10.4. The van der Waals surface area contributed by atoms with Gasteiger partial charge in [-0.2, -0.15) is 74.6 Å². The van der Waals surface area contributed by atoms with Gasteiger partial charge < -0.3 is 0 Å². The van der Waals surface area contributed by atoms with E-state index in [-0.39, 0.29) is 0 Å². The van der Waals surface area contributed by atoms with Crippen molar-refractivity contribution < 1.29 is 74.6 Å². The number of alkyl halides is 17. The predicted molar refractivity (Wildman–Crippen MR) is 41.2 cm³/mol. The summed E-state index contributed by atoms with van der Waals surface area (Å²) >= 11 is 0. The Morgan fingerprint density at radius 3 is 0.840 bits per heavy atom. The Morgan fingerprint density at radius 2 is 0.640 bits per heavy atom. The fourth-order valence-electron chi connectivity index (χ4n) is 1.25. The van der Waals surface area contributed by atoms with Gasteiger partial charge in [-0.1, -0.05) is 0 Å². The molecule has 0 aliphatic carbocycles. The minimum Gasteiger partial charge on any atom is -0.198 e. The quantitative estimate of drug-likeness (QED) is 0.507. The third-order valence-electron chi connectivity index (χ3n) is 2.42. The fraction of sp³-hybridized carbons (Fsp3) is 0.875. The Kier molecular flexibility index (Phi) is 5.38. The SMILES string of the molecule is FC(F)(F)[C](C(F)(F)F)C(F)(F)C(F)(F)C(F)(F)C(F)(F)C(F)(F)F. The molecule has 0 aromatic heterocycles. The molecule has 0 saturated carbocycles. The smallest absolute Gasteiger partial charge is 0.198 e. The van der Waals surface area contributed by atoms with Crippen molar-refractivity contribution in [3.8, 4) is 0 Å². The van der Waals surface area contributed by atoms with Crippen molar-refractivity contribution in [3.63, 3.8) is 0 Å². The normalized spacial score (nSPS) is 16.6. The zero-order chi connectivity index (χ0) is 21.1. The molecule has 0 heterocycles. The van der Waals surface area contributed by atoms with Crippen LogP contribution < -0.4 is 0 Å². The molecule has 0 saturated heterocycles. The molecule has 151 valence electrons. The maximum absolute atomic E-state index is 12.9. The number of halogens is 17. The van der Waals surface area contributed by atoms with Gasteiger partial charge in [-0.05, 0) is 0 Å². The van der Waals surface area contributed by atoms with E-state index in [2.05, 4.69) is 0 Å². The van der Waals surface area contributed by atoms with Crippen LogP contribution in [-0.4, -0.2) is 42.2 Å². The van der Waals surface area contributed by atoms with E-state index >= 15 is 0 Å². The molecular formula is C8F17. The van der Waals surface area contributed by atoms with E-state index in [0.29, 0.717) is 0 Å². The molecule has 0 aliphatic rings. The summed E-state index contributed by atoms with van der Waals surface area (Å²) in [6.45, 7) is 0. The molecule has 0 aliphatic heterocycles. The highest BCUT2D eigenvalue weighted by atomic mass is 19.4. The highest BCUT2D eigenvalue weighted by Crippen LogP contribution is 2.63. The Labute approximate surface area is 124 Å². The lowest BCUT2D eigenvalue weighted by atomic mass is 9.88. The summed E-state index contributed by atoms with van der Waals surface area (Å²) < 4.78 is 208. The zero-order valence-corrected chi connectivity index (χ0v) is 10.4. The van der Waals surface area contributed by atoms with Crippen molar-refractivity contribution in [2.24, 2.45) is 0 Å². The van der Waals surface area contributed by atoms with E-state index in [4.69, 9.17) is 0 Å². The molecule has 0 aromatic rings. The van der Waals surface area contributed by atoms with Crippen LogP contribution in [0.1, 0.15) is 0 Å². The molecule has 0 atom stereocenters. The lowest BCUT2D eigenvalue weighted by Gasteiger charge is -2.40. The van der Waals surface area contributed by atoms with Gasteiger partial charge in [0.1, 0.15) is 0 Å². The van der Waals surface area contributed by atoms with E-state index in [1.54, 1.807) is 0 Å². The van der Waals surface area contributed by atoms with Crippen molar-refractivity contribution >= 4 is 0 Å². The molecule has 0 fully saturated rings. The number of hydrogen-bond acceptors (Lipinski definition) is 0. The summed E-state index contributed by atoms with van der Waals surface area (Å²) in [5.74, 6) is -38.7. The summed E-state index contributed by atoms with van der Waals surface area (Å²) in [5.41, 5.74) is 0. The van der Waals surface area contributed by atoms with Crippen molar-refractivity contribution in [3.05, 3.63) is 5.92 Å². The summed E-state index contributed by atoms with van der Waals surface area (Å²) in [4.78, 5) is 0. The molecule has 0 unspecified atom stereocenters. The minimum atomic E-state index is -8.45. The summed E-state index contributed by atoms with van der Waals surface area (Å²) in [5, 5.41) is 0. The van der Waals surface area contributed by atoms with Crippen molar-refractivity contribution in [1.82, 2.24) is 0 Å². The first kappa shape index (κ1) is 23.8. The van der Waals surface area contributed by atoms with Crippen LogP contribution in [0.3, 0.4) is 0 Å². The van der Waals surface area contributed by atoms with Gasteiger partial charge in [0, 0.05) is 0 Å². The topological polar surface area (TPSA) is 0 Å². The van der Waals surface area contributed by atoms with Crippen LogP contribution >= 0.6 is 0 Å². The van der Waals surface area contributed by atoms with Crippen molar-refractivity contribution in [2.75, 3.05) is 0 Å².